The fraction of sp³-hybridized carbons (Fsp3) is 0.278. The first-order chi connectivity index (χ1) is 9.99. The number of hydrogen-bond donors (Lipinski definition) is 2. The van der Waals surface area contributed by atoms with Gasteiger partial charge in [0.1, 0.15) is 0 Å². The Balaban J connectivity index is 2.18. The average molecular weight is 282 g/mol. The van der Waals surface area contributed by atoms with Crippen molar-refractivity contribution in [3.63, 3.8) is 0 Å². The van der Waals surface area contributed by atoms with Crippen LogP contribution in [0.25, 0.3) is 0 Å². The summed E-state index contributed by atoms with van der Waals surface area (Å²) in [5.41, 5.74) is 5.94. The minimum Gasteiger partial charge on any atom is -0.385 e. The van der Waals surface area contributed by atoms with Gasteiger partial charge in [0, 0.05) is 23.5 Å². The summed E-state index contributed by atoms with van der Waals surface area (Å²) in [6, 6.07) is 11.8. The number of rotatable bonds is 4. The Bertz CT molecular complexity index is 642. The van der Waals surface area contributed by atoms with E-state index in [0.29, 0.717) is 5.56 Å². The third kappa shape index (κ3) is 3.85. The smallest absolute Gasteiger partial charge is 0.255 e. The van der Waals surface area contributed by atoms with E-state index < -0.39 is 0 Å². The fourth-order valence-electron chi connectivity index (χ4n) is 2.44. The number of amides is 1. The van der Waals surface area contributed by atoms with Crippen molar-refractivity contribution in [3.05, 3.63) is 58.7 Å². The Morgan fingerprint density at radius 2 is 1.67 bits per heavy atom. The van der Waals surface area contributed by atoms with Gasteiger partial charge in [-0.05, 0) is 74.7 Å². The lowest BCUT2D eigenvalue weighted by molar-refractivity contribution is 0.102. The molecule has 2 aromatic carbocycles. The number of carbonyl (C=O) groups is 1. The average Bonchev–Trinajstić information content (AvgIpc) is 2.40. The van der Waals surface area contributed by atoms with E-state index in [1.54, 1.807) is 0 Å². The van der Waals surface area contributed by atoms with E-state index in [1.165, 1.54) is 0 Å². The second-order valence-corrected chi connectivity index (χ2v) is 5.39. The maximum atomic E-state index is 12.3. The van der Waals surface area contributed by atoms with Crippen molar-refractivity contribution in [1.29, 1.82) is 0 Å². The number of hydrogen-bond acceptors (Lipinski definition) is 2. The number of carbonyl (C=O) groups excluding carboxylic acids is 1. The van der Waals surface area contributed by atoms with Crippen molar-refractivity contribution in [3.8, 4) is 0 Å². The normalized spacial score (nSPS) is 10.3. The molecule has 0 spiro atoms. The third-order valence-corrected chi connectivity index (χ3v) is 3.34. The van der Waals surface area contributed by atoms with Crippen LogP contribution in [0.2, 0.25) is 0 Å². The molecule has 3 heteroatoms. The fourth-order valence-corrected chi connectivity index (χ4v) is 2.44. The molecule has 0 atom stereocenters. The highest BCUT2D eigenvalue weighted by Gasteiger charge is 2.08. The van der Waals surface area contributed by atoms with Gasteiger partial charge >= 0.3 is 0 Å². The van der Waals surface area contributed by atoms with E-state index in [-0.39, 0.29) is 5.91 Å². The van der Waals surface area contributed by atoms with Crippen LogP contribution in [-0.2, 0) is 0 Å². The van der Waals surface area contributed by atoms with E-state index in [2.05, 4.69) is 23.6 Å². The highest BCUT2D eigenvalue weighted by atomic mass is 16.1. The van der Waals surface area contributed by atoms with Gasteiger partial charge in [0.15, 0.2) is 0 Å². The highest BCUT2D eigenvalue weighted by molar-refractivity contribution is 6.04. The standard InChI is InChI=1S/C18H22N2O/c1-5-19-17-7-6-15(11-14(17)4)18(21)20-16-9-12(2)8-13(3)10-16/h6-11,19H,5H2,1-4H3,(H,20,21). The lowest BCUT2D eigenvalue weighted by Gasteiger charge is -2.11. The first-order valence-corrected chi connectivity index (χ1v) is 7.23. The van der Waals surface area contributed by atoms with E-state index >= 15 is 0 Å². The molecule has 0 heterocycles. The van der Waals surface area contributed by atoms with Crippen LogP contribution in [0.3, 0.4) is 0 Å². The van der Waals surface area contributed by atoms with Gasteiger partial charge in [0.25, 0.3) is 5.91 Å². The number of anilines is 2. The molecule has 0 saturated carbocycles. The Hall–Kier alpha value is -2.29. The van der Waals surface area contributed by atoms with Crippen molar-refractivity contribution in [2.45, 2.75) is 27.7 Å². The summed E-state index contributed by atoms with van der Waals surface area (Å²) in [6.07, 6.45) is 0. The molecule has 2 aromatic rings. The first kappa shape index (κ1) is 15.1. The molecule has 0 fully saturated rings. The van der Waals surface area contributed by atoms with Gasteiger partial charge in [-0.3, -0.25) is 4.79 Å². The molecule has 2 N–H and O–H groups in total. The van der Waals surface area contributed by atoms with Crippen molar-refractivity contribution in [1.82, 2.24) is 0 Å². The van der Waals surface area contributed by atoms with E-state index in [9.17, 15) is 4.79 Å². The Labute approximate surface area is 126 Å². The molecule has 0 aliphatic rings. The summed E-state index contributed by atoms with van der Waals surface area (Å²) >= 11 is 0. The minimum absolute atomic E-state index is 0.0776. The van der Waals surface area contributed by atoms with Crippen molar-refractivity contribution in [2.24, 2.45) is 0 Å². The molecule has 0 aliphatic heterocycles. The Kier molecular flexibility index (Phi) is 4.63. The molecule has 2 rings (SSSR count). The van der Waals surface area contributed by atoms with Crippen molar-refractivity contribution in [2.75, 3.05) is 17.2 Å². The summed E-state index contributed by atoms with van der Waals surface area (Å²) in [6.45, 7) is 8.98. The van der Waals surface area contributed by atoms with Crippen molar-refractivity contribution < 1.29 is 4.79 Å². The van der Waals surface area contributed by atoms with E-state index in [4.69, 9.17) is 0 Å². The molecule has 21 heavy (non-hydrogen) atoms. The SMILES string of the molecule is CCNc1ccc(C(=O)Nc2cc(C)cc(C)c2)cc1C. The van der Waals surface area contributed by atoms with Gasteiger partial charge in [-0.25, -0.2) is 0 Å². The molecule has 0 bridgehead atoms. The van der Waals surface area contributed by atoms with Crippen LogP contribution in [0.1, 0.15) is 34.0 Å². The number of benzene rings is 2. The molecule has 1 amide bonds. The minimum atomic E-state index is -0.0776. The van der Waals surface area contributed by atoms with Gasteiger partial charge in [0.05, 0.1) is 0 Å². The van der Waals surface area contributed by atoms with Crippen LogP contribution in [-0.4, -0.2) is 12.5 Å². The van der Waals surface area contributed by atoms with Crippen molar-refractivity contribution >= 4 is 17.3 Å². The van der Waals surface area contributed by atoms with E-state index in [0.717, 1.165) is 34.6 Å². The molecule has 0 aliphatic carbocycles. The van der Waals surface area contributed by atoms with Crippen LogP contribution in [0.5, 0.6) is 0 Å². The van der Waals surface area contributed by atoms with Crippen LogP contribution in [0, 0.1) is 20.8 Å². The van der Waals surface area contributed by atoms with Gasteiger partial charge in [-0.1, -0.05) is 6.07 Å². The Morgan fingerprint density at radius 3 is 2.24 bits per heavy atom. The van der Waals surface area contributed by atoms with Crippen LogP contribution < -0.4 is 10.6 Å². The molecular formula is C18H22N2O. The lowest BCUT2D eigenvalue weighted by atomic mass is 10.1. The molecular weight excluding hydrogens is 260 g/mol. The zero-order valence-electron chi connectivity index (χ0n) is 13.1. The molecule has 110 valence electrons. The van der Waals surface area contributed by atoms with Gasteiger partial charge < -0.3 is 10.6 Å². The summed E-state index contributed by atoms with van der Waals surface area (Å²) in [5, 5.41) is 6.23. The Morgan fingerprint density at radius 1 is 1.00 bits per heavy atom. The molecule has 0 saturated heterocycles. The summed E-state index contributed by atoms with van der Waals surface area (Å²) in [5.74, 6) is -0.0776. The van der Waals surface area contributed by atoms with Crippen LogP contribution >= 0.6 is 0 Å². The largest absolute Gasteiger partial charge is 0.385 e. The number of aryl methyl sites for hydroxylation is 3. The first-order valence-electron chi connectivity index (χ1n) is 7.23. The summed E-state index contributed by atoms with van der Waals surface area (Å²) < 4.78 is 0. The summed E-state index contributed by atoms with van der Waals surface area (Å²) in [7, 11) is 0. The van der Waals surface area contributed by atoms with Gasteiger partial charge in [0.2, 0.25) is 0 Å². The molecule has 0 radical (unpaired) electrons. The lowest BCUT2D eigenvalue weighted by Crippen LogP contribution is -2.12. The zero-order chi connectivity index (χ0) is 15.4. The monoisotopic (exact) mass is 282 g/mol. The topological polar surface area (TPSA) is 41.1 Å². The predicted molar refractivity (Wildman–Crippen MR) is 89.2 cm³/mol. The maximum Gasteiger partial charge on any atom is 0.255 e. The number of nitrogens with one attached hydrogen (secondary N) is 2. The summed E-state index contributed by atoms with van der Waals surface area (Å²) in [4.78, 5) is 12.3. The second-order valence-electron chi connectivity index (χ2n) is 5.39. The zero-order valence-corrected chi connectivity index (χ0v) is 13.1. The third-order valence-electron chi connectivity index (χ3n) is 3.34. The maximum absolute atomic E-state index is 12.3. The van der Waals surface area contributed by atoms with Crippen LogP contribution in [0.15, 0.2) is 36.4 Å². The molecule has 0 aromatic heterocycles. The molecule has 0 unspecified atom stereocenters. The van der Waals surface area contributed by atoms with E-state index in [1.807, 2.05) is 51.1 Å². The second kappa shape index (κ2) is 6.44. The molecule has 3 nitrogen and oxygen atoms in total. The van der Waals surface area contributed by atoms with Gasteiger partial charge in [-0.2, -0.15) is 0 Å². The van der Waals surface area contributed by atoms with Crippen LogP contribution in [0.4, 0.5) is 11.4 Å². The highest BCUT2D eigenvalue weighted by Crippen LogP contribution is 2.19. The quantitative estimate of drug-likeness (QED) is 0.878. The van der Waals surface area contributed by atoms with Gasteiger partial charge in [-0.15, -0.1) is 0 Å². The predicted octanol–water partition coefficient (Wildman–Crippen LogP) is 4.30.